The molecule has 0 saturated heterocycles. The summed E-state index contributed by atoms with van der Waals surface area (Å²) in [6.07, 6.45) is 11.0. The molecule has 1 aromatic heterocycles. The van der Waals surface area contributed by atoms with E-state index in [1.165, 1.54) is 37.7 Å². The molecule has 1 aliphatic carbocycles. The first-order chi connectivity index (χ1) is 8.33. The van der Waals surface area contributed by atoms with E-state index in [2.05, 4.69) is 36.7 Å². The third kappa shape index (κ3) is 3.32. The van der Waals surface area contributed by atoms with Crippen molar-refractivity contribution in [1.82, 2.24) is 15.1 Å². The maximum Gasteiger partial charge on any atom is 0.0524 e. The Morgan fingerprint density at radius 2 is 2.18 bits per heavy atom. The fourth-order valence-corrected chi connectivity index (χ4v) is 2.90. The highest BCUT2D eigenvalue weighted by Gasteiger charge is 2.21. The highest BCUT2D eigenvalue weighted by Crippen LogP contribution is 2.31. The molecule has 0 aliphatic heterocycles. The molecule has 0 aromatic carbocycles. The average molecular weight is 235 g/mol. The smallest absolute Gasteiger partial charge is 0.0524 e. The van der Waals surface area contributed by atoms with Gasteiger partial charge in [0.25, 0.3) is 0 Å². The van der Waals surface area contributed by atoms with Crippen LogP contribution in [0.4, 0.5) is 0 Å². The normalized spacial score (nSPS) is 25.8. The second kappa shape index (κ2) is 6.20. The van der Waals surface area contributed by atoms with E-state index in [0.29, 0.717) is 12.0 Å². The molecule has 96 valence electrons. The molecular formula is C14H25N3. The van der Waals surface area contributed by atoms with Crippen LogP contribution in [0.25, 0.3) is 0 Å². The molecule has 1 aromatic rings. The van der Waals surface area contributed by atoms with Crippen molar-refractivity contribution in [1.29, 1.82) is 0 Å². The standard InChI is InChI=1S/C14H25N3/c1-3-15-14-8-6-5-7-12(9-14)13-10-16-17(4-2)11-13/h10-12,14-15H,3-9H2,1-2H3. The van der Waals surface area contributed by atoms with Crippen LogP contribution in [0.2, 0.25) is 0 Å². The lowest BCUT2D eigenvalue weighted by atomic mass is 9.92. The monoisotopic (exact) mass is 235 g/mol. The van der Waals surface area contributed by atoms with Crippen LogP contribution in [-0.4, -0.2) is 22.4 Å². The third-order valence-corrected chi connectivity index (χ3v) is 3.87. The zero-order chi connectivity index (χ0) is 12.1. The molecule has 3 heteroatoms. The molecule has 1 aliphatic rings. The quantitative estimate of drug-likeness (QED) is 0.813. The van der Waals surface area contributed by atoms with Crippen LogP contribution in [0.1, 0.15) is 57.4 Å². The lowest BCUT2D eigenvalue weighted by Gasteiger charge is -2.19. The molecule has 1 N–H and O–H groups in total. The molecular weight excluding hydrogens is 210 g/mol. The maximum atomic E-state index is 4.41. The van der Waals surface area contributed by atoms with Crippen molar-refractivity contribution in [2.75, 3.05) is 6.54 Å². The van der Waals surface area contributed by atoms with E-state index in [9.17, 15) is 0 Å². The Morgan fingerprint density at radius 1 is 1.35 bits per heavy atom. The fraction of sp³-hybridized carbons (Fsp3) is 0.786. The lowest BCUT2D eigenvalue weighted by molar-refractivity contribution is 0.449. The highest BCUT2D eigenvalue weighted by atomic mass is 15.3. The Hall–Kier alpha value is -0.830. The Morgan fingerprint density at radius 3 is 2.88 bits per heavy atom. The Bertz CT molecular complexity index is 332. The van der Waals surface area contributed by atoms with E-state index < -0.39 is 0 Å². The summed E-state index contributed by atoms with van der Waals surface area (Å²) in [5.41, 5.74) is 1.44. The van der Waals surface area contributed by atoms with Crippen LogP contribution in [-0.2, 0) is 6.54 Å². The van der Waals surface area contributed by atoms with E-state index in [0.717, 1.165) is 13.1 Å². The van der Waals surface area contributed by atoms with Crippen LogP contribution in [0.15, 0.2) is 12.4 Å². The van der Waals surface area contributed by atoms with Gasteiger partial charge in [-0.05, 0) is 44.2 Å². The first kappa shape index (κ1) is 12.6. The summed E-state index contributed by atoms with van der Waals surface area (Å²) in [4.78, 5) is 0. The first-order valence-electron chi connectivity index (χ1n) is 7.09. The molecule has 2 rings (SSSR count). The Balaban J connectivity index is 2.02. The molecule has 3 nitrogen and oxygen atoms in total. The van der Waals surface area contributed by atoms with Gasteiger partial charge < -0.3 is 5.32 Å². The minimum Gasteiger partial charge on any atom is -0.314 e. The van der Waals surface area contributed by atoms with Gasteiger partial charge in [0.1, 0.15) is 0 Å². The largest absolute Gasteiger partial charge is 0.314 e. The van der Waals surface area contributed by atoms with Gasteiger partial charge in [-0.1, -0.05) is 19.8 Å². The van der Waals surface area contributed by atoms with E-state index in [-0.39, 0.29) is 0 Å². The van der Waals surface area contributed by atoms with E-state index in [1.54, 1.807) is 0 Å². The summed E-state index contributed by atoms with van der Waals surface area (Å²) < 4.78 is 2.04. The summed E-state index contributed by atoms with van der Waals surface area (Å²) in [5, 5.41) is 8.03. The number of hydrogen-bond acceptors (Lipinski definition) is 2. The topological polar surface area (TPSA) is 29.9 Å². The molecule has 1 fully saturated rings. The molecule has 1 saturated carbocycles. The van der Waals surface area contributed by atoms with Gasteiger partial charge in [-0.3, -0.25) is 4.68 Å². The number of hydrogen-bond donors (Lipinski definition) is 1. The first-order valence-corrected chi connectivity index (χ1v) is 7.09. The van der Waals surface area contributed by atoms with Gasteiger partial charge in [-0.2, -0.15) is 5.10 Å². The summed E-state index contributed by atoms with van der Waals surface area (Å²) in [7, 11) is 0. The van der Waals surface area contributed by atoms with Crippen molar-refractivity contribution in [3.63, 3.8) is 0 Å². The summed E-state index contributed by atoms with van der Waals surface area (Å²) in [6, 6.07) is 0.706. The molecule has 2 atom stereocenters. The van der Waals surface area contributed by atoms with Gasteiger partial charge in [-0.25, -0.2) is 0 Å². The number of aryl methyl sites for hydroxylation is 1. The second-order valence-corrected chi connectivity index (χ2v) is 5.10. The van der Waals surface area contributed by atoms with Crippen LogP contribution < -0.4 is 5.32 Å². The van der Waals surface area contributed by atoms with Gasteiger partial charge in [-0.15, -0.1) is 0 Å². The van der Waals surface area contributed by atoms with Crippen LogP contribution in [0, 0.1) is 0 Å². The van der Waals surface area contributed by atoms with Crippen molar-refractivity contribution in [3.05, 3.63) is 18.0 Å². The molecule has 1 heterocycles. The number of rotatable bonds is 4. The second-order valence-electron chi connectivity index (χ2n) is 5.10. The molecule has 17 heavy (non-hydrogen) atoms. The minimum atomic E-state index is 0.706. The molecule has 0 bridgehead atoms. The van der Waals surface area contributed by atoms with E-state index in [4.69, 9.17) is 0 Å². The zero-order valence-electron chi connectivity index (χ0n) is 11.2. The molecule has 0 amide bonds. The van der Waals surface area contributed by atoms with Crippen molar-refractivity contribution in [3.8, 4) is 0 Å². The molecule has 0 radical (unpaired) electrons. The Labute approximate surface area is 105 Å². The number of aromatic nitrogens is 2. The SMILES string of the molecule is CCNC1CCCCC(c2cnn(CC)c2)C1. The van der Waals surface area contributed by atoms with Crippen molar-refractivity contribution in [2.45, 2.75) is 64.5 Å². The van der Waals surface area contributed by atoms with Gasteiger partial charge in [0.15, 0.2) is 0 Å². The van der Waals surface area contributed by atoms with Crippen molar-refractivity contribution in [2.24, 2.45) is 0 Å². The van der Waals surface area contributed by atoms with E-state index >= 15 is 0 Å². The number of nitrogens with one attached hydrogen (secondary N) is 1. The van der Waals surface area contributed by atoms with Gasteiger partial charge in [0.05, 0.1) is 6.20 Å². The fourth-order valence-electron chi connectivity index (χ4n) is 2.90. The van der Waals surface area contributed by atoms with Crippen molar-refractivity contribution < 1.29 is 0 Å². The summed E-state index contributed by atoms with van der Waals surface area (Å²) in [5.74, 6) is 0.710. The summed E-state index contributed by atoms with van der Waals surface area (Å²) in [6.45, 7) is 6.41. The minimum absolute atomic E-state index is 0.706. The zero-order valence-corrected chi connectivity index (χ0v) is 11.2. The predicted molar refractivity (Wildman–Crippen MR) is 71.2 cm³/mol. The van der Waals surface area contributed by atoms with Crippen LogP contribution in [0.5, 0.6) is 0 Å². The molecule has 2 unspecified atom stereocenters. The number of nitrogens with zero attached hydrogens (tertiary/aromatic N) is 2. The van der Waals surface area contributed by atoms with Gasteiger partial charge >= 0.3 is 0 Å². The third-order valence-electron chi connectivity index (χ3n) is 3.87. The highest BCUT2D eigenvalue weighted by molar-refractivity contribution is 5.12. The van der Waals surface area contributed by atoms with Gasteiger partial charge in [0.2, 0.25) is 0 Å². The van der Waals surface area contributed by atoms with Gasteiger partial charge in [0, 0.05) is 18.8 Å². The van der Waals surface area contributed by atoms with Crippen LogP contribution >= 0.6 is 0 Å². The van der Waals surface area contributed by atoms with E-state index in [1.807, 2.05) is 4.68 Å². The summed E-state index contributed by atoms with van der Waals surface area (Å²) >= 11 is 0. The average Bonchev–Trinajstić information content (AvgIpc) is 2.70. The lowest BCUT2D eigenvalue weighted by Crippen LogP contribution is -2.29. The Kier molecular flexibility index (Phi) is 4.60. The maximum absolute atomic E-state index is 4.41. The predicted octanol–water partition coefficient (Wildman–Crippen LogP) is 2.93. The molecule has 0 spiro atoms. The van der Waals surface area contributed by atoms with Crippen LogP contribution in [0.3, 0.4) is 0 Å². The van der Waals surface area contributed by atoms with Crippen molar-refractivity contribution >= 4 is 0 Å².